The molecule has 1 N–H and O–H groups in total. The van der Waals surface area contributed by atoms with E-state index in [4.69, 9.17) is 4.74 Å². The van der Waals surface area contributed by atoms with E-state index in [2.05, 4.69) is 10.3 Å². The maximum absolute atomic E-state index is 10.4. The summed E-state index contributed by atoms with van der Waals surface area (Å²) in [6.07, 6.45) is 0. The van der Waals surface area contributed by atoms with Crippen LogP contribution in [0.3, 0.4) is 0 Å². The molecule has 0 unspecified atom stereocenters. The average Bonchev–Trinajstić information content (AvgIpc) is 2.71. The number of non-ortho nitro benzene ring substituents is 1. The second kappa shape index (κ2) is 3.95. The second-order valence-electron chi connectivity index (χ2n) is 2.96. The Balaban J connectivity index is 2.06. The van der Waals surface area contributed by atoms with Crippen molar-refractivity contribution in [1.82, 2.24) is 0 Å². The topological polar surface area (TPSA) is 76.8 Å². The van der Waals surface area contributed by atoms with Gasteiger partial charge >= 0.3 is 0 Å². The number of nitrogens with zero attached hydrogens (tertiary/aromatic N) is 2. The molecule has 1 aliphatic rings. The molecule has 0 radical (unpaired) electrons. The van der Waals surface area contributed by atoms with Crippen LogP contribution in [0.25, 0.3) is 0 Å². The van der Waals surface area contributed by atoms with Crippen molar-refractivity contribution in [2.24, 2.45) is 4.99 Å². The molecule has 15 heavy (non-hydrogen) atoms. The van der Waals surface area contributed by atoms with Crippen molar-refractivity contribution in [3.8, 4) is 0 Å². The number of nitro groups is 1. The number of nitrogens with one attached hydrogen (secondary N) is 1. The van der Waals surface area contributed by atoms with Gasteiger partial charge in [-0.15, -0.1) is 0 Å². The van der Waals surface area contributed by atoms with Gasteiger partial charge in [-0.2, -0.15) is 0 Å². The fourth-order valence-corrected chi connectivity index (χ4v) is 1.20. The Labute approximate surface area is 85.7 Å². The largest absolute Gasteiger partial charge is 0.463 e. The molecule has 1 aromatic rings. The van der Waals surface area contributed by atoms with E-state index in [9.17, 15) is 10.1 Å². The van der Waals surface area contributed by atoms with Crippen LogP contribution in [0.5, 0.6) is 0 Å². The standard InChI is InChI=1S/C9H9N3O3/c13-12(14)8-3-1-7(2-4-8)11-9-10-5-6-15-9/h1-4H,5-6H2,(H,10,11). The van der Waals surface area contributed by atoms with E-state index in [0.717, 1.165) is 5.69 Å². The Morgan fingerprint density at radius 2 is 2.13 bits per heavy atom. The predicted molar refractivity (Wildman–Crippen MR) is 55.0 cm³/mol. The maximum Gasteiger partial charge on any atom is 0.289 e. The highest BCUT2D eigenvalue weighted by atomic mass is 16.6. The van der Waals surface area contributed by atoms with Crippen LogP contribution in [0.4, 0.5) is 11.4 Å². The first-order chi connectivity index (χ1) is 7.25. The normalized spacial score (nSPS) is 14.3. The first kappa shape index (κ1) is 9.45. The van der Waals surface area contributed by atoms with Gasteiger partial charge in [0.25, 0.3) is 11.7 Å². The van der Waals surface area contributed by atoms with Crippen LogP contribution < -0.4 is 5.32 Å². The molecule has 2 rings (SSSR count). The Hall–Kier alpha value is -2.11. The van der Waals surface area contributed by atoms with Gasteiger partial charge < -0.3 is 10.1 Å². The highest BCUT2D eigenvalue weighted by molar-refractivity contribution is 5.89. The molecular formula is C9H9N3O3. The number of nitro benzene ring substituents is 1. The summed E-state index contributed by atoms with van der Waals surface area (Å²) in [5.74, 6) is 0. The van der Waals surface area contributed by atoms with Crippen molar-refractivity contribution in [1.29, 1.82) is 0 Å². The minimum Gasteiger partial charge on any atom is -0.463 e. The highest BCUT2D eigenvalue weighted by Gasteiger charge is 2.08. The molecule has 6 heteroatoms. The zero-order valence-corrected chi connectivity index (χ0v) is 7.84. The van der Waals surface area contributed by atoms with Crippen molar-refractivity contribution < 1.29 is 9.66 Å². The smallest absolute Gasteiger partial charge is 0.289 e. The minimum atomic E-state index is -0.437. The molecule has 0 aromatic heterocycles. The van der Waals surface area contributed by atoms with E-state index in [-0.39, 0.29) is 5.69 Å². The molecule has 78 valence electrons. The number of hydrogen-bond donors (Lipinski definition) is 1. The zero-order valence-electron chi connectivity index (χ0n) is 7.84. The highest BCUT2D eigenvalue weighted by Crippen LogP contribution is 2.15. The van der Waals surface area contributed by atoms with Gasteiger partial charge in [-0.3, -0.25) is 10.1 Å². The van der Waals surface area contributed by atoms with Gasteiger partial charge in [0.05, 0.1) is 11.5 Å². The Kier molecular flexibility index (Phi) is 2.49. The van der Waals surface area contributed by atoms with Gasteiger partial charge in [-0.1, -0.05) is 0 Å². The molecule has 0 fully saturated rings. The van der Waals surface area contributed by atoms with E-state index in [1.165, 1.54) is 12.1 Å². The lowest BCUT2D eigenvalue weighted by Gasteiger charge is -2.04. The third kappa shape index (κ3) is 2.22. The number of anilines is 1. The van der Waals surface area contributed by atoms with Crippen molar-refractivity contribution in [2.45, 2.75) is 0 Å². The van der Waals surface area contributed by atoms with Gasteiger partial charge in [0, 0.05) is 17.8 Å². The third-order valence-corrected chi connectivity index (χ3v) is 1.91. The zero-order chi connectivity index (χ0) is 10.7. The Morgan fingerprint density at radius 1 is 1.40 bits per heavy atom. The van der Waals surface area contributed by atoms with Crippen molar-refractivity contribution in [2.75, 3.05) is 18.5 Å². The summed E-state index contributed by atoms with van der Waals surface area (Å²) < 4.78 is 5.14. The van der Waals surface area contributed by atoms with E-state index in [1.54, 1.807) is 12.1 Å². The summed E-state index contributed by atoms with van der Waals surface area (Å²) >= 11 is 0. The number of aliphatic imine (C=N–C) groups is 1. The van der Waals surface area contributed by atoms with Crippen molar-refractivity contribution in [3.63, 3.8) is 0 Å². The number of hydrogen-bond acceptors (Lipinski definition) is 5. The predicted octanol–water partition coefficient (Wildman–Crippen LogP) is 1.39. The molecule has 1 heterocycles. The Bertz CT molecular complexity index is 400. The molecule has 1 aliphatic heterocycles. The first-order valence-corrected chi connectivity index (χ1v) is 4.44. The van der Waals surface area contributed by atoms with Crippen LogP contribution in [-0.4, -0.2) is 24.1 Å². The number of rotatable bonds is 2. The van der Waals surface area contributed by atoms with Gasteiger partial charge in [0.15, 0.2) is 0 Å². The molecule has 0 spiro atoms. The van der Waals surface area contributed by atoms with Crippen LogP contribution in [0, 0.1) is 10.1 Å². The van der Waals surface area contributed by atoms with Crippen LogP contribution in [0.15, 0.2) is 29.3 Å². The summed E-state index contributed by atoms with van der Waals surface area (Å²) in [7, 11) is 0. The summed E-state index contributed by atoms with van der Waals surface area (Å²) in [4.78, 5) is 14.0. The van der Waals surface area contributed by atoms with Crippen LogP contribution >= 0.6 is 0 Å². The maximum atomic E-state index is 10.4. The Morgan fingerprint density at radius 3 is 2.67 bits per heavy atom. The molecule has 1 aromatic carbocycles. The van der Waals surface area contributed by atoms with E-state index in [1.807, 2.05) is 0 Å². The lowest BCUT2D eigenvalue weighted by molar-refractivity contribution is -0.384. The molecule has 0 aliphatic carbocycles. The number of benzene rings is 1. The summed E-state index contributed by atoms with van der Waals surface area (Å²) in [6, 6.07) is 6.55. The van der Waals surface area contributed by atoms with Gasteiger partial charge in [0.1, 0.15) is 6.61 Å². The summed E-state index contributed by atoms with van der Waals surface area (Å²) in [5, 5.41) is 13.3. The van der Waals surface area contributed by atoms with Crippen molar-refractivity contribution >= 4 is 17.4 Å². The fraction of sp³-hybridized carbons (Fsp3) is 0.222. The van der Waals surface area contributed by atoms with Gasteiger partial charge in [0.2, 0.25) is 0 Å². The van der Waals surface area contributed by atoms with Crippen LogP contribution in [0.1, 0.15) is 0 Å². The lowest BCUT2D eigenvalue weighted by Crippen LogP contribution is -2.11. The number of amidine groups is 1. The van der Waals surface area contributed by atoms with Gasteiger partial charge in [-0.25, -0.2) is 4.99 Å². The fourth-order valence-electron chi connectivity index (χ4n) is 1.20. The minimum absolute atomic E-state index is 0.0647. The third-order valence-electron chi connectivity index (χ3n) is 1.91. The molecule has 0 amide bonds. The first-order valence-electron chi connectivity index (χ1n) is 4.44. The van der Waals surface area contributed by atoms with Crippen LogP contribution in [-0.2, 0) is 4.74 Å². The molecule has 0 bridgehead atoms. The van der Waals surface area contributed by atoms with Crippen molar-refractivity contribution in [3.05, 3.63) is 34.4 Å². The summed E-state index contributed by atoms with van der Waals surface area (Å²) in [5.41, 5.74) is 0.788. The average molecular weight is 207 g/mol. The quantitative estimate of drug-likeness (QED) is 0.587. The second-order valence-corrected chi connectivity index (χ2v) is 2.96. The molecule has 0 atom stereocenters. The van der Waals surface area contributed by atoms with E-state index in [0.29, 0.717) is 19.2 Å². The SMILES string of the molecule is O=[N+]([O-])c1ccc(NC2=NCCO2)cc1. The lowest BCUT2D eigenvalue weighted by atomic mass is 10.3. The monoisotopic (exact) mass is 207 g/mol. The molecule has 0 saturated heterocycles. The van der Waals surface area contributed by atoms with Gasteiger partial charge in [-0.05, 0) is 12.1 Å². The summed E-state index contributed by atoms with van der Waals surface area (Å²) in [6.45, 7) is 1.23. The van der Waals surface area contributed by atoms with E-state index >= 15 is 0 Å². The van der Waals surface area contributed by atoms with E-state index < -0.39 is 4.92 Å². The van der Waals surface area contributed by atoms with Crippen LogP contribution in [0.2, 0.25) is 0 Å². The number of ether oxygens (including phenoxy) is 1. The molecule has 6 nitrogen and oxygen atoms in total. The molecule has 0 saturated carbocycles. The molecular weight excluding hydrogens is 198 g/mol.